The predicted molar refractivity (Wildman–Crippen MR) is 50.6 cm³/mol. The van der Waals surface area contributed by atoms with Gasteiger partial charge in [0.15, 0.2) is 5.82 Å². The number of anilines is 1. The zero-order valence-corrected chi connectivity index (χ0v) is 7.77. The van der Waals surface area contributed by atoms with E-state index in [1.54, 1.807) is 0 Å². The molecular weight excluding hydrogens is 166 g/mol. The van der Waals surface area contributed by atoms with E-state index in [0.29, 0.717) is 12.6 Å². The minimum atomic E-state index is -0.201. The molecule has 0 bridgehead atoms. The molecule has 1 aliphatic rings. The molecule has 1 aliphatic heterocycles. The SMILES string of the molecule is C[C@H]1CC[C@@H](O)CN1c1cc[nH]n1. The van der Waals surface area contributed by atoms with Crippen LogP contribution in [0.1, 0.15) is 19.8 Å². The second kappa shape index (κ2) is 3.38. The van der Waals surface area contributed by atoms with Crippen molar-refractivity contribution in [1.82, 2.24) is 10.2 Å². The van der Waals surface area contributed by atoms with Gasteiger partial charge in [-0.3, -0.25) is 5.10 Å². The van der Waals surface area contributed by atoms with Gasteiger partial charge >= 0.3 is 0 Å². The summed E-state index contributed by atoms with van der Waals surface area (Å²) in [4.78, 5) is 2.14. The van der Waals surface area contributed by atoms with E-state index in [1.165, 1.54) is 0 Å². The Bertz CT molecular complexity index is 260. The van der Waals surface area contributed by atoms with Gasteiger partial charge < -0.3 is 10.0 Å². The van der Waals surface area contributed by atoms with Crippen LogP contribution in [-0.2, 0) is 0 Å². The summed E-state index contributed by atoms with van der Waals surface area (Å²) in [5.41, 5.74) is 0. The van der Waals surface area contributed by atoms with Crippen molar-refractivity contribution in [3.63, 3.8) is 0 Å². The van der Waals surface area contributed by atoms with Crippen molar-refractivity contribution >= 4 is 5.82 Å². The first-order valence-corrected chi connectivity index (χ1v) is 4.72. The molecule has 0 amide bonds. The Balaban J connectivity index is 2.12. The minimum absolute atomic E-state index is 0.201. The minimum Gasteiger partial charge on any atom is -0.391 e. The van der Waals surface area contributed by atoms with E-state index in [9.17, 15) is 5.11 Å². The first-order valence-electron chi connectivity index (χ1n) is 4.72. The average molecular weight is 181 g/mol. The van der Waals surface area contributed by atoms with Crippen molar-refractivity contribution in [3.8, 4) is 0 Å². The lowest BCUT2D eigenvalue weighted by atomic mass is 10.0. The summed E-state index contributed by atoms with van der Waals surface area (Å²) in [6.45, 7) is 2.87. The van der Waals surface area contributed by atoms with Gasteiger partial charge in [0.05, 0.1) is 6.10 Å². The number of aromatic amines is 1. The molecular formula is C9H15N3O. The molecule has 4 nitrogen and oxygen atoms in total. The van der Waals surface area contributed by atoms with Crippen molar-refractivity contribution < 1.29 is 5.11 Å². The van der Waals surface area contributed by atoms with Crippen LogP contribution in [0.2, 0.25) is 0 Å². The third-order valence-corrected chi connectivity index (χ3v) is 2.64. The number of piperidine rings is 1. The summed E-state index contributed by atoms with van der Waals surface area (Å²) < 4.78 is 0. The van der Waals surface area contributed by atoms with E-state index in [2.05, 4.69) is 22.0 Å². The zero-order valence-electron chi connectivity index (χ0n) is 7.77. The molecule has 1 aromatic heterocycles. The fraction of sp³-hybridized carbons (Fsp3) is 0.667. The van der Waals surface area contributed by atoms with Crippen LogP contribution < -0.4 is 4.90 Å². The third kappa shape index (κ3) is 1.67. The summed E-state index contributed by atoms with van der Waals surface area (Å²) in [6.07, 6.45) is 3.55. The van der Waals surface area contributed by atoms with Crippen LogP contribution >= 0.6 is 0 Å². The van der Waals surface area contributed by atoms with E-state index < -0.39 is 0 Å². The molecule has 1 saturated heterocycles. The van der Waals surface area contributed by atoms with E-state index in [0.717, 1.165) is 18.7 Å². The highest BCUT2D eigenvalue weighted by Crippen LogP contribution is 2.22. The summed E-state index contributed by atoms with van der Waals surface area (Å²) in [7, 11) is 0. The van der Waals surface area contributed by atoms with Gasteiger partial charge in [-0.2, -0.15) is 5.10 Å². The molecule has 72 valence electrons. The molecule has 2 N–H and O–H groups in total. The lowest BCUT2D eigenvalue weighted by molar-refractivity contribution is 0.143. The van der Waals surface area contributed by atoms with Crippen LogP contribution in [0.5, 0.6) is 0 Å². The number of aliphatic hydroxyl groups is 1. The Morgan fingerprint density at radius 3 is 3.15 bits per heavy atom. The van der Waals surface area contributed by atoms with Crippen LogP contribution in [0.3, 0.4) is 0 Å². The smallest absolute Gasteiger partial charge is 0.150 e. The molecule has 2 rings (SSSR count). The Labute approximate surface area is 77.6 Å². The number of H-pyrrole nitrogens is 1. The summed E-state index contributed by atoms with van der Waals surface area (Å²) in [5.74, 6) is 0.936. The normalized spacial score (nSPS) is 29.2. The first kappa shape index (κ1) is 8.56. The molecule has 2 heterocycles. The number of rotatable bonds is 1. The summed E-state index contributed by atoms with van der Waals surface area (Å²) in [6, 6.07) is 2.42. The van der Waals surface area contributed by atoms with E-state index in [-0.39, 0.29) is 6.10 Å². The van der Waals surface area contributed by atoms with E-state index in [4.69, 9.17) is 0 Å². The van der Waals surface area contributed by atoms with Crippen molar-refractivity contribution in [1.29, 1.82) is 0 Å². The molecule has 0 unspecified atom stereocenters. The predicted octanol–water partition coefficient (Wildman–Crippen LogP) is 0.759. The Hall–Kier alpha value is -1.03. The largest absolute Gasteiger partial charge is 0.391 e. The molecule has 0 spiro atoms. The van der Waals surface area contributed by atoms with Crippen molar-refractivity contribution in [2.45, 2.75) is 31.9 Å². The van der Waals surface area contributed by atoms with Crippen LogP contribution in [-0.4, -0.2) is 34.0 Å². The highest BCUT2D eigenvalue weighted by molar-refractivity contribution is 5.38. The van der Waals surface area contributed by atoms with Gasteiger partial charge in [-0.15, -0.1) is 0 Å². The van der Waals surface area contributed by atoms with E-state index >= 15 is 0 Å². The molecule has 1 aromatic rings. The van der Waals surface area contributed by atoms with Gasteiger partial charge in [0.2, 0.25) is 0 Å². The molecule has 0 aliphatic carbocycles. The molecule has 0 aromatic carbocycles. The van der Waals surface area contributed by atoms with Crippen LogP contribution in [0, 0.1) is 0 Å². The van der Waals surface area contributed by atoms with Crippen molar-refractivity contribution in [2.24, 2.45) is 0 Å². The molecule has 0 saturated carbocycles. The average Bonchev–Trinajstić information content (AvgIpc) is 2.61. The standard InChI is InChI=1S/C9H15N3O/c1-7-2-3-8(13)6-12(7)9-4-5-10-11-9/h4-5,7-8,13H,2-3,6H2,1H3,(H,10,11)/t7-,8+/m0/s1. The zero-order chi connectivity index (χ0) is 9.26. The molecule has 1 fully saturated rings. The lowest BCUT2D eigenvalue weighted by Crippen LogP contribution is -2.44. The van der Waals surface area contributed by atoms with E-state index in [1.807, 2.05) is 12.3 Å². The van der Waals surface area contributed by atoms with Gasteiger partial charge in [0, 0.05) is 24.8 Å². The van der Waals surface area contributed by atoms with Gasteiger partial charge in [-0.1, -0.05) is 0 Å². The van der Waals surface area contributed by atoms with Gasteiger partial charge in [-0.05, 0) is 19.8 Å². The first-order chi connectivity index (χ1) is 6.27. The number of nitrogens with one attached hydrogen (secondary N) is 1. The van der Waals surface area contributed by atoms with Crippen LogP contribution in [0.25, 0.3) is 0 Å². The highest BCUT2D eigenvalue weighted by atomic mass is 16.3. The number of β-amino-alcohol motifs (C(OH)–C–C–N with tert-alkyl or cyclic N) is 1. The Kier molecular flexibility index (Phi) is 2.22. The molecule has 2 atom stereocenters. The van der Waals surface area contributed by atoms with Crippen LogP contribution in [0.4, 0.5) is 5.82 Å². The second-order valence-corrected chi connectivity index (χ2v) is 3.66. The van der Waals surface area contributed by atoms with Crippen molar-refractivity contribution in [3.05, 3.63) is 12.3 Å². The second-order valence-electron chi connectivity index (χ2n) is 3.66. The number of aliphatic hydroxyl groups excluding tert-OH is 1. The number of hydrogen-bond acceptors (Lipinski definition) is 3. The summed E-state index contributed by atoms with van der Waals surface area (Å²) in [5, 5.41) is 16.4. The summed E-state index contributed by atoms with van der Waals surface area (Å²) >= 11 is 0. The fourth-order valence-electron chi connectivity index (χ4n) is 1.82. The maximum Gasteiger partial charge on any atom is 0.150 e. The highest BCUT2D eigenvalue weighted by Gasteiger charge is 2.24. The quantitative estimate of drug-likeness (QED) is 0.672. The lowest BCUT2D eigenvalue weighted by Gasteiger charge is -2.36. The van der Waals surface area contributed by atoms with Gasteiger partial charge in [0.1, 0.15) is 0 Å². The fourth-order valence-corrected chi connectivity index (χ4v) is 1.82. The number of aromatic nitrogens is 2. The van der Waals surface area contributed by atoms with Gasteiger partial charge in [-0.25, -0.2) is 0 Å². The Morgan fingerprint density at radius 1 is 1.62 bits per heavy atom. The topological polar surface area (TPSA) is 52.1 Å². The van der Waals surface area contributed by atoms with Crippen molar-refractivity contribution in [2.75, 3.05) is 11.4 Å². The van der Waals surface area contributed by atoms with Gasteiger partial charge in [0.25, 0.3) is 0 Å². The third-order valence-electron chi connectivity index (χ3n) is 2.64. The maximum atomic E-state index is 9.52. The number of nitrogens with zero attached hydrogens (tertiary/aromatic N) is 2. The van der Waals surface area contributed by atoms with Crippen LogP contribution in [0.15, 0.2) is 12.3 Å². The monoisotopic (exact) mass is 181 g/mol. The number of hydrogen-bond donors (Lipinski definition) is 2. The molecule has 0 radical (unpaired) electrons. The maximum absolute atomic E-state index is 9.52. The molecule has 13 heavy (non-hydrogen) atoms. The Morgan fingerprint density at radius 2 is 2.46 bits per heavy atom. The molecule has 4 heteroatoms.